The van der Waals surface area contributed by atoms with Crippen LogP contribution in [0.4, 0.5) is 5.95 Å². The number of carbonyl (C=O) groups excluding carboxylic acids is 1. The summed E-state index contributed by atoms with van der Waals surface area (Å²) in [6.45, 7) is 6.10. The minimum atomic E-state index is -0.143. The van der Waals surface area contributed by atoms with Gasteiger partial charge in [-0.25, -0.2) is 4.98 Å². The second-order valence-corrected chi connectivity index (χ2v) is 7.79. The highest BCUT2D eigenvalue weighted by Crippen LogP contribution is 2.27. The summed E-state index contributed by atoms with van der Waals surface area (Å²) >= 11 is 0. The smallest absolute Gasteiger partial charge is 0.255 e. The summed E-state index contributed by atoms with van der Waals surface area (Å²) in [5.41, 5.74) is 2.45. The largest absolute Gasteiger partial charge is 0.378 e. The Hall–Kier alpha value is -2.67. The van der Waals surface area contributed by atoms with Crippen molar-refractivity contribution in [2.24, 2.45) is 0 Å². The topological polar surface area (TPSA) is 78.5 Å². The molecule has 1 atom stereocenters. The average molecular weight is 396 g/mol. The summed E-state index contributed by atoms with van der Waals surface area (Å²) in [5.74, 6) is 1.11. The van der Waals surface area contributed by atoms with E-state index in [2.05, 4.69) is 22.1 Å². The number of aromatic nitrogens is 2. The third kappa shape index (κ3) is 4.50. The standard InChI is InChI=1S/C22H28N4O3/c1-16-19(21(28)24-22(23-16)25-11-13-29-14-12-25)7-8-20(27)26-10-9-18(15-26)17-5-3-2-4-6-17/h2-6,18H,7-15H2,1H3,(H,23,24,28). The highest BCUT2D eigenvalue weighted by Gasteiger charge is 2.27. The molecule has 2 aliphatic rings. The Morgan fingerprint density at radius 3 is 2.69 bits per heavy atom. The maximum atomic E-state index is 12.7. The number of hydrogen-bond acceptors (Lipinski definition) is 5. The number of benzene rings is 1. The number of hydrogen-bond donors (Lipinski definition) is 1. The lowest BCUT2D eigenvalue weighted by molar-refractivity contribution is -0.130. The Kier molecular flexibility index (Phi) is 5.94. The fourth-order valence-electron chi connectivity index (χ4n) is 4.19. The summed E-state index contributed by atoms with van der Waals surface area (Å²) in [7, 11) is 0. The van der Waals surface area contributed by atoms with Crippen LogP contribution in [-0.4, -0.2) is 60.2 Å². The molecule has 2 fully saturated rings. The van der Waals surface area contributed by atoms with Gasteiger partial charge in [0.1, 0.15) is 0 Å². The summed E-state index contributed by atoms with van der Waals surface area (Å²) in [6, 6.07) is 10.4. The highest BCUT2D eigenvalue weighted by molar-refractivity contribution is 5.77. The Morgan fingerprint density at radius 2 is 1.97 bits per heavy atom. The van der Waals surface area contributed by atoms with Crippen LogP contribution in [0, 0.1) is 6.92 Å². The number of H-pyrrole nitrogens is 1. The molecule has 1 N–H and O–H groups in total. The van der Waals surface area contributed by atoms with E-state index in [0.29, 0.717) is 49.2 Å². The summed E-state index contributed by atoms with van der Waals surface area (Å²) in [6.07, 6.45) is 1.75. The highest BCUT2D eigenvalue weighted by atomic mass is 16.5. The molecule has 1 aromatic heterocycles. The number of likely N-dealkylation sites (tertiary alicyclic amines) is 1. The van der Waals surface area contributed by atoms with Crippen molar-refractivity contribution in [1.82, 2.24) is 14.9 Å². The normalized spacial score (nSPS) is 19.6. The van der Waals surface area contributed by atoms with Gasteiger partial charge in [-0.2, -0.15) is 0 Å². The monoisotopic (exact) mass is 396 g/mol. The van der Waals surface area contributed by atoms with Gasteiger partial charge in [0, 0.05) is 49.8 Å². The van der Waals surface area contributed by atoms with Crippen LogP contribution in [0.3, 0.4) is 0 Å². The predicted octanol–water partition coefficient (Wildman–Crippen LogP) is 1.86. The molecule has 1 unspecified atom stereocenters. The van der Waals surface area contributed by atoms with E-state index >= 15 is 0 Å². The molecule has 4 rings (SSSR count). The SMILES string of the molecule is Cc1nc(N2CCOCC2)[nH]c(=O)c1CCC(=O)N1CCC(c2ccccc2)C1. The van der Waals surface area contributed by atoms with E-state index in [0.717, 1.165) is 32.6 Å². The molecule has 7 heteroatoms. The van der Waals surface area contributed by atoms with Gasteiger partial charge in [0.2, 0.25) is 11.9 Å². The number of morpholine rings is 1. The number of carbonyl (C=O) groups is 1. The van der Waals surface area contributed by atoms with Crippen molar-refractivity contribution >= 4 is 11.9 Å². The predicted molar refractivity (Wildman–Crippen MR) is 111 cm³/mol. The van der Waals surface area contributed by atoms with Crippen molar-refractivity contribution in [3.8, 4) is 0 Å². The molecule has 1 amide bonds. The van der Waals surface area contributed by atoms with E-state index in [4.69, 9.17) is 4.74 Å². The molecular weight excluding hydrogens is 368 g/mol. The molecule has 1 aromatic carbocycles. The summed E-state index contributed by atoms with van der Waals surface area (Å²) in [5, 5.41) is 0. The number of rotatable bonds is 5. The van der Waals surface area contributed by atoms with Gasteiger partial charge in [-0.3, -0.25) is 14.6 Å². The molecule has 0 saturated carbocycles. The van der Waals surface area contributed by atoms with Crippen molar-refractivity contribution in [3.05, 3.63) is 57.5 Å². The zero-order valence-corrected chi connectivity index (χ0v) is 16.9. The summed E-state index contributed by atoms with van der Waals surface area (Å²) in [4.78, 5) is 36.7. The number of ether oxygens (including phenoxy) is 1. The Labute approximate surface area is 170 Å². The van der Waals surface area contributed by atoms with Crippen molar-refractivity contribution in [1.29, 1.82) is 0 Å². The quantitative estimate of drug-likeness (QED) is 0.835. The lowest BCUT2D eigenvalue weighted by atomic mass is 9.99. The van der Waals surface area contributed by atoms with E-state index < -0.39 is 0 Å². The number of anilines is 1. The number of nitrogens with zero attached hydrogens (tertiary/aromatic N) is 3. The molecule has 2 aliphatic heterocycles. The van der Waals surface area contributed by atoms with Gasteiger partial charge >= 0.3 is 0 Å². The first-order valence-corrected chi connectivity index (χ1v) is 10.4. The molecule has 0 radical (unpaired) electrons. The fourth-order valence-corrected chi connectivity index (χ4v) is 4.19. The second-order valence-electron chi connectivity index (χ2n) is 7.79. The molecule has 29 heavy (non-hydrogen) atoms. The molecule has 2 aromatic rings. The third-order valence-corrected chi connectivity index (χ3v) is 5.92. The minimum Gasteiger partial charge on any atom is -0.378 e. The molecular formula is C22H28N4O3. The lowest BCUT2D eigenvalue weighted by Gasteiger charge is -2.27. The zero-order valence-electron chi connectivity index (χ0n) is 16.9. The first-order chi connectivity index (χ1) is 14.1. The fraction of sp³-hybridized carbons (Fsp3) is 0.500. The zero-order chi connectivity index (χ0) is 20.2. The van der Waals surface area contributed by atoms with E-state index in [9.17, 15) is 9.59 Å². The molecule has 0 spiro atoms. The van der Waals surface area contributed by atoms with Crippen molar-refractivity contribution in [2.45, 2.75) is 32.1 Å². The van der Waals surface area contributed by atoms with Gasteiger partial charge in [-0.1, -0.05) is 30.3 Å². The van der Waals surface area contributed by atoms with Crippen LogP contribution in [0.25, 0.3) is 0 Å². The van der Waals surface area contributed by atoms with Gasteiger partial charge in [0.05, 0.1) is 13.2 Å². The molecule has 0 aliphatic carbocycles. The molecule has 3 heterocycles. The first-order valence-electron chi connectivity index (χ1n) is 10.4. The van der Waals surface area contributed by atoms with Gasteiger partial charge in [0.25, 0.3) is 5.56 Å². The molecule has 2 saturated heterocycles. The van der Waals surface area contributed by atoms with Crippen LogP contribution < -0.4 is 10.5 Å². The van der Waals surface area contributed by atoms with Crippen molar-refractivity contribution in [3.63, 3.8) is 0 Å². The van der Waals surface area contributed by atoms with Crippen molar-refractivity contribution in [2.75, 3.05) is 44.3 Å². The Bertz CT molecular complexity index is 906. The first kappa shape index (κ1) is 19.6. The Balaban J connectivity index is 1.36. The van der Waals surface area contributed by atoms with Crippen LogP contribution in [0.5, 0.6) is 0 Å². The van der Waals surface area contributed by atoms with Crippen LogP contribution in [0.15, 0.2) is 35.1 Å². The van der Waals surface area contributed by atoms with Gasteiger partial charge in [-0.15, -0.1) is 0 Å². The number of nitrogens with one attached hydrogen (secondary N) is 1. The van der Waals surface area contributed by atoms with E-state index in [1.807, 2.05) is 34.9 Å². The maximum absolute atomic E-state index is 12.7. The Morgan fingerprint density at radius 1 is 1.21 bits per heavy atom. The molecule has 7 nitrogen and oxygen atoms in total. The van der Waals surface area contributed by atoms with E-state index in [1.54, 1.807) is 0 Å². The van der Waals surface area contributed by atoms with Crippen LogP contribution in [0.1, 0.15) is 35.6 Å². The maximum Gasteiger partial charge on any atom is 0.255 e. The van der Waals surface area contributed by atoms with Gasteiger partial charge in [0.15, 0.2) is 0 Å². The van der Waals surface area contributed by atoms with Gasteiger partial charge < -0.3 is 14.5 Å². The lowest BCUT2D eigenvalue weighted by Crippen LogP contribution is -2.38. The summed E-state index contributed by atoms with van der Waals surface area (Å²) < 4.78 is 5.35. The minimum absolute atomic E-state index is 0.111. The molecule has 154 valence electrons. The van der Waals surface area contributed by atoms with E-state index in [-0.39, 0.29) is 11.5 Å². The average Bonchev–Trinajstić information content (AvgIpc) is 3.24. The van der Waals surface area contributed by atoms with Crippen LogP contribution in [0.2, 0.25) is 0 Å². The number of aryl methyl sites for hydroxylation is 1. The van der Waals surface area contributed by atoms with Gasteiger partial charge in [-0.05, 0) is 25.3 Å². The van der Waals surface area contributed by atoms with Crippen LogP contribution >= 0.6 is 0 Å². The van der Waals surface area contributed by atoms with E-state index in [1.165, 1.54) is 5.56 Å². The van der Waals surface area contributed by atoms with Crippen LogP contribution in [-0.2, 0) is 16.0 Å². The second kappa shape index (κ2) is 8.78. The van der Waals surface area contributed by atoms with Crippen molar-refractivity contribution < 1.29 is 9.53 Å². The number of aromatic amines is 1. The molecule has 0 bridgehead atoms. The number of amides is 1. The third-order valence-electron chi connectivity index (χ3n) is 5.92.